The average Bonchev–Trinajstić information content (AvgIpc) is 2.31. The molecule has 0 amide bonds. The minimum atomic E-state index is 0.783. The van der Waals surface area contributed by atoms with Crippen LogP contribution < -0.4 is 5.73 Å². The van der Waals surface area contributed by atoms with Crippen LogP contribution in [0.25, 0.3) is 0 Å². The van der Waals surface area contributed by atoms with E-state index < -0.39 is 0 Å². The smallest absolute Gasteiger partial charge is 0.0730 e. The van der Waals surface area contributed by atoms with Crippen LogP contribution in [-0.2, 0) is 6.54 Å². The molecule has 0 spiro atoms. The van der Waals surface area contributed by atoms with Crippen LogP contribution in [0.5, 0.6) is 0 Å². The Morgan fingerprint density at radius 1 is 1.73 bits per heavy atom. The lowest BCUT2D eigenvalue weighted by molar-refractivity contribution is 0.647. The number of nitrogens with zero attached hydrogens (tertiary/aromatic N) is 2. The van der Waals surface area contributed by atoms with E-state index in [9.17, 15) is 0 Å². The Morgan fingerprint density at radius 2 is 2.45 bits per heavy atom. The molecular formula is C7H13N3S. The van der Waals surface area contributed by atoms with Crippen molar-refractivity contribution in [3.05, 3.63) is 11.9 Å². The fourth-order valence-electron chi connectivity index (χ4n) is 0.864. The molecule has 0 aromatic carbocycles. The van der Waals surface area contributed by atoms with Gasteiger partial charge in [-0.1, -0.05) is 0 Å². The average molecular weight is 171 g/mol. The molecule has 0 saturated heterocycles. The standard InChI is InChI=1S/C7H13N3S/c1-6-7(8)5-9-10(6)3-4-11-2/h5H,3-4,8H2,1-2H3. The number of thioether (sulfide) groups is 1. The highest BCUT2D eigenvalue weighted by molar-refractivity contribution is 7.98. The minimum absolute atomic E-state index is 0.783. The number of nitrogen functional groups attached to an aromatic ring is 1. The van der Waals surface area contributed by atoms with E-state index in [1.807, 2.05) is 23.4 Å². The summed E-state index contributed by atoms with van der Waals surface area (Å²) in [7, 11) is 0. The summed E-state index contributed by atoms with van der Waals surface area (Å²) in [5, 5.41) is 4.13. The lowest BCUT2D eigenvalue weighted by Crippen LogP contribution is -2.04. The fourth-order valence-corrected chi connectivity index (χ4v) is 1.22. The molecule has 0 aliphatic rings. The van der Waals surface area contributed by atoms with Gasteiger partial charge >= 0.3 is 0 Å². The Kier molecular flexibility index (Phi) is 2.82. The van der Waals surface area contributed by atoms with Gasteiger partial charge in [-0.25, -0.2) is 0 Å². The van der Waals surface area contributed by atoms with Gasteiger partial charge in [0.05, 0.1) is 24.1 Å². The van der Waals surface area contributed by atoms with E-state index in [0.29, 0.717) is 0 Å². The van der Waals surface area contributed by atoms with E-state index in [2.05, 4.69) is 11.4 Å². The zero-order valence-electron chi connectivity index (χ0n) is 6.87. The zero-order valence-corrected chi connectivity index (χ0v) is 7.69. The van der Waals surface area contributed by atoms with Crippen molar-refractivity contribution >= 4 is 17.4 Å². The van der Waals surface area contributed by atoms with Gasteiger partial charge in [0.15, 0.2) is 0 Å². The molecule has 0 unspecified atom stereocenters. The van der Waals surface area contributed by atoms with Crippen molar-refractivity contribution < 1.29 is 0 Å². The van der Waals surface area contributed by atoms with Crippen molar-refractivity contribution in [2.45, 2.75) is 13.5 Å². The predicted octanol–water partition coefficient (Wildman–Crippen LogP) is 1.14. The monoisotopic (exact) mass is 171 g/mol. The van der Waals surface area contributed by atoms with Crippen molar-refractivity contribution in [1.29, 1.82) is 0 Å². The molecule has 0 radical (unpaired) electrons. The highest BCUT2D eigenvalue weighted by Crippen LogP contribution is 2.08. The zero-order chi connectivity index (χ0) is 8.27. The molecule has 0 aliphatic carbocycles. The Labute approximate surface area is 71.0 Å². The molecule has 0 aliphatic heterocycles. The second kappa shape index (κ2) is 3.67. The molecule has 1 aromatic heterocycles. The topological polar surface area (TPSA) is 43.8 Å². The normalized spacial score (nSPS) is 10.4. The van der Waals surface area contributed by atoms with Crippen molar-refractivity contribution in [2.24, 2.45) is 0 Å². The summed E-state index contributed by atoms with van der Waals surface area (Å²) in [4.78, 5) is 0. The Hall–Kier alpha value is -0.640. The first-order chi connectivity index (χ1) is 5.25. The van der Waals surface area contributed by atoms with Gasteiger partial charge in [0, 0.05) is 5.75 Å². The van der Waals surface area contributed by atoms with Crippen LogP contribution >= 0.6 is 11.8 Å². The fraction of sp³-hybridized carbons (Fsp3) is 0.571. The van der Waals surface area contributed by atoms with Gasteiger partial charge < -0.3 is 5.73 Å². The maximum atomic E-state index is 5.62. The summed E-state index contributed by atoms with van der Waals surface area (Å²) in [5.41, 5.74) is 7.47. The summed E-state index contributed by atoms with van der Waals surface area (Å²) in [5.74, 6) is 1.09. The van der Waals surface area contributed by atoms with Gasteiger partial charge in [0.2, 0.25) is 0 Å². The first-order valence-electron chi connectivity index (χ1n) is 3.52. The van der Waals surface area contributed by atoms with E-state index in [1.54, 1.807) is 6.20 Å². The van der Waals surface area contributed by atoms with Gasteiger partial charge in [-0.2, -0.15) is 16.9 Å². The highest BCUT2D eigenvalue weighted by atomic mass is 32.2. The van der Waals surface area contributed by atoms with Gasteiger partial charge in [0.1, 0.15) is 0 Å². The van der Waals surface area contributed by atoms with Gasteiger partial charge in [-0.3, -0.25) is 4.68 Å². The highest BCUT2D eigenvalue weighted by Gasteiger charge is 2.00. The number of aryl methyl sites for hydroxylation is 1. The van der Waals surface area contributed by atoms with E-state index in [0.717, 1.165) is 23.7 Å². The summed E-state index contributed by atoms with van der Waals surface area (Å²) < 4.78 is 1.94. The molecule has 0 bridgehead atoms. The molecule has 11 heavy (non-hydrogen) atoms. The van der Waals surface area contributed by atoms with Gasteiger partial charge in [0.25, 0.3) is 0 Å². The molecule has 4 heteroatoms. The molecule has 3 nitrogen and oxygen atoms in total. The van der Waals surface area contributed by atoms with Crippen LogP contribution in [0.1, 0.15) is 5.69 Å². The van der Waals surface area contributed by atoms with Crippen LogP contribution in [0.4, 0.5) is 5.69 Å². The van der Waals surface area contributed by atoms with Gasteiger partial charge in [-0.15, -0.1) is 0 Å². The maximum absolute atomic E-state index is 5.62. The number of rotatable bonds is 3. The van der Waals surface area contributed by atoms with Crippen LogP contribution in [0.2, 0.25) is 0 Å². The lowest BCUT2D eigenvalue weighted by Gasteiger charge is -2.01. The van der Waals surface area contributed by atoms with E-state index in [4.69, 9.17) is 5.73 Å². The molecule has 2 N–H and O–H groups in total. The Balaban J connectivity index is 2.63. The molecule has 62 valence electrons. The van der Waals surface area contributed by atoms with Crippen molar-refractivity contribution in [3.8, 4) is 0 Å². The number of hydrogen-bond acceptors (Lipinski definition) is 3. The second-order valence-electron chi connectivity index (χ2n) is 2.40. The van der Waals surface area contributed by atoms with Crippen LogP contribution in [-0.4, -0.2) is 21.8 Å². The lowest BCUT2D eigenvalue weighted by atomic mass is 10.4. The first-order valence-corrected chi connectivity index (χ1v) is 4.92. The predicted molar refractivity (Wildman–Crippen MR) is 49.8 cm³/mol. The van der Waals surface area contributed by atoms with Crippen molar-refractivity contribution in [1.82, 2.24) is 9.78 Å². The molecule has 0 saturated carbocycles. The molecule has 0 atom stereocenters. The van der Waals surface area contributed by atoms with Crippen LogP contribution in [0, 0.1) is 6.92 Å². The van der Waals surface area contributed by atoms with E-state index in [-0.39, 0.29) is 0 Å². The number of aromatic nitrogens is 2. The largest absolute Gasteiger partial charge is 0.396 e. The summed E-state index contributed by atoms with van der Waals surface area (Å²) in [6, 6.07) is 0. The quantitative estimate of drug-likeness (QED) is 0.741. The third-order valence-electron chi connectivity index (χ3n) is 1.65. The van der Waals surface area contributed by atoms with E-state index >= 15 is 0 Å². The maximum Gasteiger partial charge on any atom is 0.0730 e. The summed E-state index contributed by atoms with van der Waals surface area (Å²) >= 11 is 1.81. The first kappa shape index (κ1) is 8.46. The molecule has 1 heterocycles. The minimum Gasteiger partial charge on any atom is -0.396 e. The number of anilines is 1. The molecular weight excluding hydrogens is 158 g/mol. The van der Waals surface area contributed by atoms with Gasteiger partial charge in [-0.05, 0) is 13.2 Å². The van der Waals surface area contributed by atoms with E-state index in [1.165, 1.54) is 0 Å². The summed E-state index contributed by atoms with van der Waals surface area (Å²) in [6.45, 7) is 2.94. The third kappa shape index (κ3) is 1.89. The SMILES string of the molecule is CSCCn1ncc(N)c1C. The van der Waals surface area contributed by atoms with Crippen molar-refractivity contribution in [2.75, 3.05) is 17.7 Å². The molecule has 1 rings (SSSR count). The third-order valence-corrected chi connectivity index (χ3v) is 2.24. The molecule has 1 aromatic rings. The Bertz CT molecular complexity index is 232. The van der Waals surface area contributed by atoms with Crippen LogP contribution in [0.3, 0.4) is 0 Å². The second-order valence-corrected chi connectivity index (χ2v) is 3.39. The summed E-state index contributed by atoms with van der Waals surface area (Å²) in [6.07, 6.45) is 3.79. The Morgan fingerprint density at radius 3 is 2.91 bits per heavy atom. The number of nitrogens with two attached hydrogens (primary N) is 1. The molecule has 0 fully saturated rings. The van der Waals surface area contributed by atoms with Crippen LogP contribution in [0.15, 0.2) is 6.20 Å². The number of hydrogen-bond donors (Lipinski definition) is 1. The van der Waals surface area contributed by atoms with Crippen molar-refractivity contribution in [3.63, 3.8) is 0 Å².